The summed E-state index contributed by atoms with van der Waals surface area (Å²) in [4.78, 5) is 2.67. The first kappa shape index (κ1) is 11.3. The minimum atomic E-state index is 0.618. The lowest BCUT2D eigenvalue weighted by atomic mass is 9.70. The Morgan fingerprint density at radius 3 is 2.82 bits per heavy atom. The van der Waals surface area contributed by atoms with Crippen molar-refractivity contribution in [3.63, 3.8) is 0 Å². The summed E-state index contributed by atoms with van der Waals surface area (Å²) in [6.07, 6.45) is 5.82. The fourth-order valence-electron chi connectivity index (χ4n) is 3.84. The number of benzene rings is 1. The van der Waals surface area contributed by atoms with Crippen molar-refractivity contribution in [3.8, 4) is 0 Å². The summed E-state index contributed by atoms with van der Waals surface area (Å²) in [5.41, 5.74) is 2.09. The molecule has 1 aliphatic carbocycles. The maximum atomic E-state index is 2.67. The molecular formula is C16H23N. The van der Waals surface area contributed by atoms with Gasteiger partial charge in [0.2, 0.25) is 0 Å². The van der Waals surface area contributed by atoms with Crippen LogP contribution in [0.25, 0.3) is 0 Å². The Labute approximate surface area is 105 Å². The van der Waals surface area contributed by atoms with E-state index in [4.69, 9.17) is 0 Å². The second-order valence-electron chi connectivity index (χ2n) is 6.25. The van der Waals surface area contributed by atoms with Crippen LogP contribution < -0.4 is 0 Å². The molecule has 1 saturated carbocycles. The van der Waals surface area contributed by atoms with Crippen LogP contribution in [0.1, 0.15) is 38.2 Å². The number of hydrogen-bond acceptors (Lipinski definition) is 1. The summed E-state index contributed by atoms with van der Waals surface area (Å²) >= 11 is 0. The molecule has 1 aromatic rings. The van der Waals surface area contributed by atoms with E-state index < -0.39 is 0 Å². The monoisotopic (exact) mass is 229 g/mol. The first-order chi connectivity index (χ1) is 8.26. The summed E-state index contributed by atoms with van der Waals surface area (Å²) in [5, 5.41) is 0. The zero-order valence-corrected chi connectivity index (χ0v) is 10.9. The molecule has 2 unspecified atom stereocenters. The van der Waals surface area contributed by atoms with E-state index >= 15 is 0 Å². The largest absolute Gasteiger partial charge is 0.298 e. The smallest absolute Gasteiger partial charge is 0.0234 e. The molecule has 2 fully saturated rings. The molecule has 0 spiro atoms. The molecule has 1 saturated heterocycles. The molecule has 3 rings (SSSR count). The molecule has 17 heavy (non-hydrogen) atoms. The van der Waals surface area contributed by atoms with E-state index in [2.05, 4.69) is 42.2 Å². The number of rotatable bonds is 2. The number of nitrogens with zero attached hydrogens (tertiary/aromatic N) is 1. The molecule has 1 aliphatic heterocycles. The predicted molar refractivity (Wildman–Crippen MR) is 71.8 cm³/mol. The van der Waals surface area contributed by atoms with Crippen molar-refractivity contribution in [2.24, 2.45) is 11.3 Å². The lowest BCUT2D eigenvalue weighted by Crippen LogP contribution is -2.29. The van der Waals surface area contributed by atoms with E-state index in [1.165, 1.54) is 44.3 Å². The second-order valence-corrected chi connectivity index (χ2v) is 6.25. The minimum absolute atomic E-state index is 0.618. The van der Waals surface area contributed by atoms with Crippen molar-refractivity contribution in [2.75, 3.05) is 13.1 Å². The molecule has 0 bridgehead atoms. The second kappa shape index (κ2) is 4.45. The average molecular weight is 229 g/mol. The molecule has 2 aliphatic rings. The van der Waals surface area contributed by atoms with Gasteiger partial charge in [-0.05, 0) is 29.7 Å². The predicted octanol–water partition coefficient (Wildman–Crippen LogP) is 3.70. The summed E-state index contributed by atoms with van der Waals surface area (Å²) < 4.78 is 0. The molecule has 1 nitrogen and oxygen atoms in total. The van der Waals surface area contributed by atoms with Crippen LogP contribution in [0.3, 0.4) is 0 Å². The van der Waals surface area contributed by atoms with E-state index in [0.717, 1.165) is 12.5 Å². The Kier molecular flexibility index (Phi) is 2.96. The highest BCUT2D eigenvalue weighted by atomic mass is 15.2. The van der Waals surface area contributed by atoms with Crippen molar-refractivity contribution in [3.05, 3.63) is 35.9 Å². The summed E-state index contributed by atoms with van der Waals surface area (Å²) in [5.74, 6) is 0.958. The molecule has 92 valence electrons. The normalized spacial score (nSPS) is 33.6. The molecule has 0 radical (unpaired) electrons. The Hall–Kier alpha value is -0.820. The third-order valence-corrected chi connectivity index (χ3v) is 4.85. The standard InChI is InChI=1S/C16H23N/c1-16-10-6-5-9-15(16)12-17(13-16)11-14-7-3-2-4-8-14/h2-4,7-8,15H,5-6,9-13H2,1H3. The average Bonchev–Trinajstić information content (AvgIpc) is 2.66. The molecule has 0 amide bonds. The Balaban J connectivity index is 1.67. The molecule has 1 heteroatoms. The maximum absolute atomic E-state index is 2.67. The summed E-state index contributed by atoms with van der Waals surface area (Å²) in [7, 11) is 0. The lowest BCUT2D eigenvalue weighted by molar-refractivity contribution is 0.170. The summed E-state index contributed by atoms with van der Waals surface area (Å²) in [6.45, 7) is 6.30. The van der Waals surface area contributed by atoms with Gasteiger partial charge in [-0.3, -0.25) is 4.90 Å². The number of likely N-dealkylation sites (tertiary alicyclic amines) is 1. The van der Waals surface area contributed by atoms with Crippen molar-refractivity contribution < 1.29 is 0 Å². The van der Waals surface area contributed by atoms with Crippen LogP contribution in [0, 0.1) is 11.3 Å². The third-order valence-electron chi connectivity index (χ3n) is 4.85. The van der Waals surface area contributed by atoms with Gasteiger partial charge in [-0.15, -0.1) is 0 Å². The van der Waals surface area contributed by atoms with Crippen LogP contribution in [0.15, 0.2) is 30.3 Å². The van der Waals surface area contributed by atoms with Gasteiger partial charge >= 0.3 is 0 Å². The lowest BCUT2D eigenvalue weighted by Gasteiger charge is -2.35. The van der Waals surface area contributed by atoms with E-state index in [0.29, 0.717) is 5.41 Å². The Morgan fingerprint density at radius 1 is 1.24 bits per heavy atom. The Bertz CT molecular complexity index is 372. The van der Waals surface area contributed by atoms with Crippen LogP contribution in [0.2, 0.25) is 0 Å². The van der Waals surface area contributed by atoms with E-state index in [-0.39, 0.29) is 0 Å². The highest BCUT2D eigenvalue weighted by Crippen LogP contribution is 2.46. The first-order valence-corrected chi connectivity index (χ1v) is 7.03. The molecule has 0 N–H and O–H groups in total. The minimum Gasteiger partial charge on any atom is -0.298 e. The molecule has 1 aromatic carbocycles. The van der Waals surface area contributed by atoms with Gasteiger partial charge in [0.15, 0.2) is 0 Å². The summed E-state index contributed by atoms with van der Waals surface area (Å²) in [6, 6.07) is 10.9. The zero-order chi connectivity index (χ0) is 11.7. The number of hydrogen-bond donors (Lipinski definition) is 0. The van der Waals surface area contributed by atoms with Crippen molar-refractivity contribution >= 4 is 0 Å². The van der Waals surface area contributed by atoms with Gasteiger partial charge in [-0.2, -0.15) is 0 Å². The fraction of sp³-hybridized carbons (Fsp3) is 0.625. The van der Waals surface area contributed by atoms with Gasteiger partial charge in [-0.25, -0.2) is 0 Å². The highest BCUT2D eigenvalue weighted by molar-refractivity contribution is 5.15. The van der Waals surface area contributed by atoms with Gasteiger partial charge in [0.05, 0.1) is 0 Å². The van der Waals surface area contributed by atoms with Crippen LogP contribution in [0.5, 0.6) is 0 Å². The number of fused-ring (bicyclic) bond motifs is 1. The van der Waals surface area contributed by atoms with Gasteiger partial charge in [0.25, 0.3) is 0 Å². The third kappa shape index (κ3) is 2.26. The molecule has 0 aromatic heterocycles. The molecule has 2 atom stereocenters. The van der Waals surface area contributed by atoms with Crippen LogP contribution >= 0.6 is 0 Å². The fourth-order valence-corrected chi connectivity index (χ4v) is 3.84. The first-order valence-electron chi connectivity index (χ1n) is 7.03. The van der Waals surface area contributed by atoms with Crippen LogP contribution in [-0.4, -0.2) is 18.0 Å². The van der Waals surface area contributed by atoms with Crippen molar-refractivity contribution in [1.29, 1.82) is 0 Å². The van der Waals surface area contributed by atoms with E-state index in [1.807, 2.05) is 0 Å². The Morgan fingerprint density at radius 2 is 2.06 bits per heavy atom. The molecular weight excluding hydrogens is 206 g/mol. The van der Waals surface area contributed by atoms with E-state index in [9.17, 15) is 0 Å². The maximum Gasteiger partial charge on any atom is 0.0234 e. The van der Waals surface area contributed by atoms with Gasteiger partial charge in [0.1, 0.15) is 0 Å². The zero-order valence-electron chi connectivity index (χ0n) is 10.9. The highest BCUT2D eigenvalue weighted by Gasteiger charge is 2.43. The van der Waals surface area contributed by atoms with Gasteiger partial charge < -0.3 is 0 Å². The van der Waals surface area contributed by atoms with Crippen molar-refractivity contribution in [1.82, 2.24) is 4.90 Å². The van der Waals surface area contributed by atoms with Crippen molar-refractivity contribution in [2.45, 2.75) is 39.2 Å². The van der Waals surface area contributed by atoms with Gasteiger partial charge in [-0.1, -0.05) is 50.1 Å². The topological polar surface area (TPSA) is 3.24 Å². The SMILES string of the molecule is CC12CCCCC1CN(Cc1ccccc1)C2. The van der Waals surface area contributed by atoms with Crippen LogP contribution in [0.4, 0.5) is 0 Å². The van der Waals surface area contributed by atoms with Crippen LogP contribution in [-0.2, 0) is 6.54 Å². The molecule has 1 heterocycles. The quantitative estimate of drug-likeness (QED) is 0.747. The van der Waals surface area contributed by atoms with E-state index in [1.54, 1.807) is 0 Å². The van der Waals surface area contributed by atoms with Gasteiger partial charge in [0, 0.05) is 19.6 Å².